The number of methoxy groups -OCH3 is 1. The minimum Gasteiger partial charge on any atom is -0.497 e. The van der Waals surface area contributed by atoms with E-state index in [0.29, 0.717) is 11.3 Å². The van der Waals surface area contributed by atoms with E-state index < -0.39 is 0 Å². The molecule has 130 valence electrons. The number of ether oxygens (including phenoxy) is 1. The zero-order valence-corrected chi connectivity index (χ0v) is 14.6. The number of H-pyrrole nitrogens is 1. The maximum Gasteiger partial charge on any atom is 0.273 e. The van der Waals surface area contributed by atoms with Gasteiger partial charge >= 0.3 is 0 Å². The summed E-state index contributed by atoms with van der Waals surface area (Å²) in [7, 11) is 1.64. The molecular formula is C20H18N4O2. The van der Waals surface area contributed by atoms with Gasteiger partial charge in [0.2, 0.25) is 0 Å². The second-order valence-corrected chi connectivity index (χ2v) is 5.93. The quantitative estimate of drug-likeness (QED) is 0.615. The molecule has 4 aromatic rings. The Kier molecular flexibility index (Phi) is 4.01. The molecule has 0 atom stereocenters. The van der Waals surface area contributed by atoms with Gasteiger partial charge in [-0.25, -0.2) is 9.50 Å². The number of hydrogen-bond donors (Lipinski definition) is 1. The standard InChI is InChI=1S/C20H18N4O2/c1-3-16-19(13-6-8-15(26-2)9-7-13)20-22-17(11-18(25)24(20)23-16)14-5-4-10-21-12-14/h4-12,23H,3H2,1-2H3. The van der Waals surface area contributed by atoms with E-state index in [1.165, 1.54) is 10.6 Å². The molecule has 0 saturated carbocycles. The molecular weight excluding hydrogens is 328 g/mol. The summed E-state index contributed by atoms with van der Waals surface area (Å²) in [4.78, 5) is 21.5. The van der Waals surface area contributed by atoms with E-state index in [1.54, 1.807) is 19.5 Å². The maximum atomic E-state index is 12.6. The highest BCUT2D eigenvalue weighted by Gasteiger charge is 2.16. The summed E-state index contributed by atoms with van der Waals surface area (Å²) >= 11 is 0. The summed E-state index contributed by atoms with van der Waals surface area (Å²) in [5.74, 6) is 0.785. The molecule has 0 radical (unpaired) electrons. The van der Waals surface area contributed by atoms with E-state index in [1.807, 2.05) is 43.3 Å². The fraction of sp³-hybridized carbons (Fsp3) is 0.150. The Hall–Kier alpha value is -3.41. The average molecular weight is 346 g/mol. The van der Waals surface area contributed by atoms with Crippen LogP contribution in [0.15, 0.2) is 59.7 Å². The van der Waals surface area contributed by atoms with E-state index >= 15 is 0 Å². The van der Waals surface area contributed by atoms with Gasteiger partial charge in [0.05, 0.1) is 12.8 Å². The number of pyridine rings is 1. The van der Waals surface area contributed by atoms with Gasteiger partial charge < -0.3 is 4.74 Å². The molecule has 3 heterocycles. The Morgan fingerprint density at radius 3 is 2.62 bits per heavy atom. The number of hydrogen-bond acceptors (Lipinski definition) is 4. The van der Waals surface area contributed by atoms with Crippen molar-refractivity contribution in [1.82, 2.24) is 19.6 Å². The first kappa shape index (κ1) is 16.1. The van der Waals surface area contributed by atoms with Gasteiger partial charge in [-0.2, -0.15) is 0 Å². The van der Waals surface area contributed by atoms with Crippen LogP contribution in [-0.2, 0) is 6.42 Å². The third-order valence-electron chi connectivity index (χ3n) is 4.38. The van der Waals surface area contributed by atoms with E-state index in [4.69, 9.17) is 9.72 Å². The monoisotopic (exact) mass is 346 g/mol. The van der Waals surface area contributed by atoms with Gasteiger partial charge in [-0.1, -0.05) is 19.1 Å². The Labute approximate surface area is 150 Å². The van der Waals surface area contributed by atoms with Crippen molar-refractivity contribution in [3.05, 3.63) is 70.9 Å². The van der Waals surface area contributed by atoms with Crippen molar-refractivity contribution in [3.63, 3.8) is 0 Å². The molecule has 1 N–H and O–H groups in total. The van der Waals surface area contributed by atoms with Crippen molar-refractivity contribution in [2.45, 2.75) is 13.3 Å². The van der Waals surface area contributed by atoms with Crippen molar-refractivity contribution in [2.75, 3.05) is 7.11 Å². The molecule has 0 amide bonds. The number of aryl methyl sites for hydroxylation is 1. The molecule has 0 unspecified atom stereocenters. The number of nitrogens with one attached hydrogen (secondary N) is 1. The molecule has 26 heavy (non-hydrogen) atoms. The Balaban J connectivity index is 1.98. The van der Waals surface area contributed by atoms with Gasteiger partial charge in [0, 0.05) is 35.3 Å². The van der Waals surface area contributed by atoms with Gasteiger partial charge in [-0.05, 0) is 36.2 Å². The number of benzene rings is 1. The molecule has 6 nitrogen and oxygen atoms in total. The lowest BCUT2D eigenvalue weighted by Gasteiger charge is -2.05. The summed E-state index contributed by atoms with van der Waals surface area (Å²) < 4.78 is 6.74. The summed E-state index contributed by atoms with van der Waals surface area (Å²) in [6.45, 7) is 2.05. The predicted molar refractivity (Wildman–Crippen MR) is 100 cm³/mol. The summed E-state index contributed by atoms with van der Waals surface area (Å²) in [5.41, 5.74) is 4.76. The van der Waals surface area contributed by atoms with Gasteiger partial charge in [-0.3, -0.25) is 14.9 Å². The number of nitrogens with zero attached hydrogens (tertiary/aromatic N) is 3. The molecule has 0 bridgehead atoms. The SMILES string of the molecule is CCc1[nH]n2c(=O)cc(-c3cccnc3)nc2c1-c1ccc(OC)cc1. The van der Waals surface area contributed by atoms with E-state index in [0.717, 1.165) is 34.6 Å². The second kappa shape index (κ2) is 6.48. The molecule has 0 spiro atoms. The third kappa shape index (κ3) is 2.65. The summed E-state index contributed by atoms with van der Waals surface area (Å²) in [5, 5.41) is 3.18. The first-order chi connectivity index (χ1) is 12.7. The molecule has 0 fully saturated rings. The molecule has 4 rings (SSSR count). The van der Waals surface area contributed by atoms with Crippen LogP contribution < -0.4 is 10.3 Å². The maximum absolute atomic E-state index is 12.6. The Morgan fingerprint density at radius 1 is 1.15 bits per heavy atom. The average Bonchev–Trinajstić information content (AvgIpc) is 3.08. The topological polar surface area (TPSA) is 72.3 Å². The molecule has 0 aliphatic heterocycles. The highest BCUT2D eigenvalue weighted by atomic mass is 16.5. The van der Waals surface area contributed by atoms with Gasteiger partial charge in [0.15, 0.2) is 5.65 Å². The first-order valence-electron chi connectivity index (χ1n) is 8.40. The molecule has 0 aliphatic rings. The molecule has 0 aliphatic carbocycles. The van der Waals surface area contributed by atoms with Crippen molar-refractivity contribution in [3.8, 4) is 28.1 Å². The highest BCUT2D eigenvalue weighted by Crippen LogP contribution is 2.29. The van der Waals surface area contributed by atoms with E-state index in [2.05, 4.69) is 10.1 Å². The molecule has 1 aromatic carbocycles. The van der Waals surface area contributed by atoms with Crippen molar-refractivity contribution in [1.29, 1.82) is 0 Å². The normalized spacial score (nSPS) is 11.0. The van der Waals surface area contributed by atoms with Crippen LogP contribution in [0.25, 0.3) is 28.0 Å². The molecule has 0 saturated heterocycles. The Morgan fingerprint density at radius 2 is 1.96 bits per heavy atom. The van der Waals surface area contributed by atoms with Crippen LogP contribution in [0.3, 0.4) is 0 Å². The van der Waals surface area contributed by atoms with Gasteiger partial charge in [0.25, 0.3) is 5.56 Å². The van der Waals surface area contributed by atoms with Crippen LogP contribution in [0, 0.1) is 0 Å². The fourth-order valence-corrected chi connectivity index (χ4v) is 3.06. The minimum absolute atomic E-state index is 0.150. The Bertz CT molecular complexity index is 1110. The molecule has 6 heteroatoms. The van der Waals surface area contributed by atoms with Crippen LogP contribution in [-0.4, -0.2) is 26.7 Å². The van der Waals surface area contributed by atoms with Crippen LogP contribution >= 0.6 is 0 Å². The first-order valence-corrected chi connectivity index (χ1v) is 8.40. The lowest BCUT2D eigenvalue weighted by atomic mass is 10.0. The number of aromatic nitrogens is 4. The summed E-state index contributed by atoms with van der Waals surface area (Å²) in [6.07, 6.45) is 4.16. The largest absolute Gasteiger partial charge is 0.497 e. The third-order valence-corrected chi connectivity index (χ3v) is 4.38. The summed E-state index contributed by atoms with van der Waals surface area (Å²) in [6, 6.07) is 13.0. The smallest absolute Gasteiger partial charge is 0.273 e. The van der Waals surface area contributed by atoms with Crippen LogP contribution in [0.1, 0.15) is 12.6 Å². The van der Waals surface area contributed by atoms with E-state index in [-0.39, 0.29) is 5.56 Å². The van der Waals surface area contributed by atoms with E-state index in [9.17, 15) is 4.79 Å². The second-order valence-electron chi connectivity index (χ2n) is 5.93. The van der Waals surface area contributed by atoms with Crippen molar-refractivity contribution < 1.29 is 4.74 Å². The number of aromatic amines is 1. The zero-order valence-electron chi connectivity index (χ0n) is 14.6. The van der Waals surface area contributed by atoms with Crippen LogP contribution in [0.5, 0.6) is 5.75 Å². The number of rotatable bonds is 4. The number of fused-ring (bicyclic) bond motifs is 1. The van der Waals surface area contributed by atoms with Gasteiger partial charge in [-0.15, -0.1) is 0 Å². The van der Waals surface area contributed by atoms with Crippen molar-refractivity contribution in [2.24, 2.45) is 0 Å². The van der Waals surface area contributed by atoms with Crippen LogP contribution in [0.4, 0.5) is 0 Å². The van der Waals surface area contributed by atoms with Crippen LogP contribution in [0.2, 0.25) is 0 Å². The lowest BCUT2D eigenvalue weighted by Crippen LogP contribution is -2.14. The zero-order chi connectivity index (χ0) is 18.1. The predicted octanol–water partition coefficient (Wildman–Crippen LogP) is 3.32. The van der Waals surface area contributed by atoms with Gasteiger partial charge in [0.1, 0.15) is 5.75 Å². The molecule has 3 aromatic heterocycles. The fourth-order valence-electron chi connectivity index (χ4n) is 3.06. The highest BCUT2D eigenvalue weighted by molar-refractivity contribution is 5.81. The lowest BCUT2D eigenvalue weighted by molar-refractivity contribution is 0.415. The minimum atomic E-state index is -0.150. The van der Waals surface area contributed by atoms with Crippen molar-refractivity contribution >= 4 is 5.65 Å².